The number of halogens is 1. The smallest absolute Gasteiger partial charge is 0.237 e. The number of hydrogen-bond acceptors (Lipinski definition) is 4. The van der Waals surface area contributed by atoms with Gasteiger partial charge in [0.2, 0.25) is 5.91 Å². The Hall–Kier alpha value is -1.19. The largest absolute Gasteiger partial charge is 0.395 e. The van der Waals surface area contributed by atoms with Crippen LogP contribution in [-0.2, 0) is 4.79 Å². The second-order valence-electron chi connectivity index (χ2n) is 6.26. The molecule has 2 aliphatic rings. The van der Waals surface area contributed by atoms with Crippen LogP contribution in [0.3, 0.4) is 0 Å². The van der Waals surface area contributed by atoms with Crippen molar-refractivity contribution < 1.29 is 14.3 Å². The Morgan fingerprint density at radius 2 is 2.14 bits per heavy atom. The van der Waals surface area contributed by atoms with Crippen molar-refractivity contribution >= 4 is 5.91 Å². The average Bonchev–Trinajstić information content (AvgIpc) is 2.86. The summed E-state index contributed by atoms with van der Waals surface area (Å²) in [5.74, 6) is -0.161. The topological polar surface area (TPSA) is 67.6 Å². The molecule has 1 N–H and O–H groups in total. The number of carbonyl (C=O) groups is 1. The lowest BCUT2D eigenvalue weighted by Gasteiger charge is -2.40. The summed E-state index contributed by atoms with van der Waals surface area (Å²) in [7, 11) is 1.67. The summed E-state index contributed by atoms with van der Waals surface area (Å²) in [6.45, 7) is 0.122. The maximum Gasteiger partial charge on any atom is 0.237 e. The van der Waals surface area contributed by atoms with Crippen molar-refractivity contribution in [3.63, 3.8) is 0 Å². The normalized spacial score (nSPS) is 29.0. The molecule has 2 atom stereocenters. The standard InChI is InChI=1S/C15H24FN3O2/c1-18(15(11-17)5-3-2-4-6-15)14(21)9-19-8-12(16)7-13(19)10-20/h12-13,20H,2-10H2,1H3/t12-,13-/m0/s1. The maximum atomic E-state index is 13.4. The average molecular weight is 297 g/mol. The zero-order valence-electron chi connectivity index (χ0n) is 12.6. The van der Waals surface area contributed by atoms with Crippen LogP contribution in [0.2, 0.25) is 0 Å². The van der Waals surface area contributed by atoms with Gasteiger partial charge >= 0.3 is 0 Å². The third kappa shape index (κ3) is 3.35. The molecule has 2 rings (SSSR count). The predicted molar refractivity (Wildman–Crippen MR) is 76.2 cm³/mol. The first-order valence-corrected chi connectivity index (χ1v) is 7.69. The molecule has 118 valence electrons. The molecule has 0 radical (unpaired) electrons. The number of rotatable bonds is 4. The molecule has 0 unspecified atom stereocenters. The van der Waals surface area contributed by atoms with Crippen LogP contribution in [0.25, 0.3) is 0 Å². The van der Waals surface area contributed by atoms with E-state index in [0.717, 1.165) is 19.3 Å². The van der Waals surface area contributed by atoms with Crippen LogP contribution >= 0.6 is 0 Å². The fourth-order valence-electron chi connectivity index (χ4n) is 3.48. The van der Waals surface area contributed by atoms with Gasteiger partial charge in [0.05, 0.1) is 19.2 Å². The number of alkyl halides is 1. The van der Waals surface area contributed by atoms with Crippen molar-refractivity contribution in [1.82, 2.24) is 9.80 Å². The van der Waals surface area contributed by atoms with Gasteiger partial charge in [0.15, 0.2) is 0 Å². The zero-order chi connectivity index (χ0) is 15.5. The minimum absolute atomic E-state index is 0.0750. The van der Waals surface area contributed by atoms with Crippen LogP contribution in [0.4, 0.5) is 4.39 Å². The summed E-state index contributed by atoms with van der Waals surface area (Å²) in [5, 5.41) is 18.8. The number of carbonyl (C=O) groups excluding carboxylic acids is 1. The number of amides is 1. The number of nitrogens with zero attached hydrogens (tertiary/aromatic N) is 3. The first-order chi connectivity index (χ1) is 10.0. The summed E-state index contributed by atoms with van der Waals surface area (Å²) >= 11 is 0. The highest BCUT2D eigenvalue weighted by Gasteiger charge is 2.40. The highest BCUT2D eigenvalue weighted by Crippen LogP contribution is 2.32. The number of nitriles is 1. The van der Waals surface area contributed by atoms with E-state index in [-0.39, 0.29) is 38.1 Å². The van der Waals surface area contributed by atoms with Gasteiger partial charge in [-0.25, -0.2) is 4.39 Å². The molecular formula is C15H24FN3O2. The number of likely N-dealkylation sites (tertiary alicyclic amines) is 1. The fraction of sp³-hybridized carbons (Fsp3) is 0.867. The van der Waals surface area contributed by atoms with Crippen LogP contribution < -0.4 is 0 Å². The summed E-state index contributed by atoms with van der Waals surface area (Å²) in [6, 6.07) is 2.03. The Morgan fingerprint density at radius 1 is 1.48 bits per heavy atom. The summed E-state index contributed by atoms with van der Waals surface area (Å²) < 4.78 is 13.4. The van der Waals surface area contributed by atoms with Crippen molar-refractivity contribution in [2.24, 2.45) is 0 Å². The van der Waals surface area contributed by atoms with Crippen molar-refractivity contribution in [3.05, 3.63) is 0 Å². The van der Waals surface area contributed by atoms with Gasteiger partial charge < -0.3 is 10.0 Å². The lowest BCUT2D eigenvalue weighted by atomic mass is 9.81. The molecule has 0 aromatic carbocycles. The minimum Gasteiger partial charge on any atom is -0.395 e. The molecular weight excluding hydrogens is 273 g/mol. The highest BCUT2D eigenvalue weighted by atomic mass is 19.1. The second kappa shape index (κ2) is 6.71. The fourth-order valence-corrected chi connectivity index (χ4v) is 3.48. The Bertz CT molecular complexity index is 418. The van der Waals surface area contributed by atoms with Gasteiger partial charge in [-0.15, -0.1) is 0 Å². The lowest BCUT2D eigenvalue weighted by Crippen LogP contribution is -2.53. The van der Waals surface area contributed by atoms with Crippen molar-refractivity contribution in [1.29, 1.82) is 5.26 Å². The molecule has 5 nitrogen and oxygen atoms in total. The third-order valence-corrected chi connectivity index (χ3v) is 4.93. The SMILES string of the molecule is CN(C(=O)CN1C[C@@H](F)C[C@H]1CO)C1(C#N)CCCCC1. The van der Waals surface area contributed by atoms with Gasteiger partial charge in [0, 0.05) is 19.6 Å². The van der Waals surface area contributed by atoms with Crippen LogP contribution in [0, 0.1) is 11.3 Å². The highest BCUT2D eigenvalue weighted by molar-refractivity contribution is 5.79. The second-order valence-corrected chi connectivity index (χ2v) is 6.26. The maximum absolute atomic E-state index is 13.4. The quantitative estimate of drug-likeness (QED) is 0.843. The van der Waals surface area contributed by atoms with Gasteiger partial charge in [0.1, 0.15) is 11.7 Å². The van der Waals surface area contributed by atoms with Gasteiger partial charge in [-0.1, -0.05) is 19.3 Å². The molecule has 1 saturated carbocycles. The molecule has 1 aliphatic heterocycles. The van der Waals surface area contributed by atoms with Crippen LogP contribution in [-0.4, -0.2) is 65.3 Å². The first kappa shape index (κ1) is 16.2. The zero-order valence-corrected chi connectivity index (χ0v) is 12.6. The monoisotopic (exact) mass is 297 g/mol. The predicted octanol–water partition coefficient (Wildman–Crippen LogP) is 1.08. The Morgan fingerprint density at radius 3 is 2.71 bits per heavy atom. The van der Waals surface area contributed by atoms with E-state index in [9.17, 15) is 19.6 Å². The summed E-state index contributed by atoms with van der Waals surface area (Å²) in [5.41, 5.74) is -0.709. The van der Waals surface area contributed by atoms with Crippen molar-refractivity contribution in [2.75, 3.05) is 26.7 Å². The first-order valence-electron chi connectivity index (χ1n) is 7.69. The number of hydrogen-bond donors (Lipinski definition) is 1. The molecule has 1 amide bonds. The van der Waals surface area contributed by atoms with Crippen LogP contribution in [0.5, 0.6) is 0 Å². The van der Waals surface area contributed by atoms with Crippen LogP contribution in [0.15, 0.2) is 0 Å². The molecule has 0 bridgehead atoms. The van der Waals surface area contributed by atoms with E-state index in [2.05, 4.69) is 6.07 Å². The number of likely N-dealkylation sites (N-methyl/N-ethyl adjacent to an activating group) is 1. The molecule has 0 aromatic rings. The molecule has 1 heterocycles. The van der Waals surface area contributed by atoms with E-state index in [1.54, 1.807) is 16.8 Å². The Labute approximate surface area is 125 Å². The molecule has 21 heavy (non-hydrogen) atoms. The minimum atomic E-state index is -0.986. The van der Waals surface area contributed by atoms with E-state index in [0.29, 0.717) is 12.8 Å². The van der Waals surface area contributed by atoms with Crippen LogP contribution in [0.1, 0.15) is 38.5 Å². The molecule has 6 heteroatoms. The summed E-state index contributed by atoms with van der Waals surface area (Å²) in [4.78, 5) is 15.7. The van der Waals surface area contributed by atoms with E-state index < -0.39 is 11.7 Å². The number of aliphatic hydroxyl groups excluding tert-OH is 1. The van der Waals surface area contributed by atoms with Gasteiger partial charge in [-0.05, 0) is 19.3 Å². The van der Waals surface area contributed by atoms with Crippen molar-refractivity contribution in [2.45, 2.75) is 56.3 Å². The Kier molecular flexibility index (Phi) is 5.17. The van der Waals surface area contributed by atoms with Crippen molar-refractivity contribution in [3.8, 4) is 6.07 Å². The Balaban J connectivity index is 2.00. The molecule has 0 spiro atoms. The van der Waals surface area contributed by atoms with E-state index >= 15 is 0 Å². The van der Waals surface area contributed by atoms with Gasteiger partial charge in [-0.3, -0.25) is 9.69 Å². The lowest BCUT2D eigenvalue weighted by molar-refractivity contribution is -0.136. The van der Waals surface area contributed by atoms with E-state index in [1.165, 1.54) is 0 Å². The molecule has 1 saturated heterocycles. The molecule has 1 aliphatic carbocycles. The third-order valence-electron chi connectivity index (χ3n) is 4.93. The van der Waals surface area contributed by atoms with Gasteiger partial charge in [0.25, 0.3) is 0 Å². The molecule has 2 fully saturated rings. The number of aliphatic hydroxyl groups is 1. The van der Waals surface area contributed by atoms with Gasteiger partial charge in [-0.2, -0.15) is 5.26 Å². The summed E-state index contributed by atoms with van der Waals surface area (Å²) in [6.07, 6.45) is 3.73. The molecule has 0 aromatic heterocycles. The van der Waals surface area contributed by atoms with E-state index in [4.69, 9.17) is 0 Å². The van der Waals surface area contributed by atoms with E-state index in [1.807, 2.05) is 0 Å².